The molecule has 98 valence electrons. The second kappa shape index (κ2) is 4.78. The van der Waals surface area contributed by atoms with Crippen LogP contribution in [0.25, 0.3) is 0 Å². The van der Waals surface area contributed by atoms with Crippen LogP contribution in [0.4, 0.5) is 0 Å². The molecule has 1 fully saturated rings. The van der Waals surface area contributed by atoms with Gasteiger partial charge in [0.15, 0.2) is 11.5 Å². The largest absolute Gasteiger partial charge is 0.486 e. The van der Waals surface area contributed by atoms with Gasteiger partial charge in [0, 0.05) is 12.1 Å². The number of ether oxygens (including phenoxy) is 2. The van der Waals surface area contributed by atoms with Crippen molar-refractivity contribution in [2.75, 3.05) is 13.2 Å². The maximum atomic E-state index is 10.3. The van der Waals surface area contributed by atoms with Gasteiger partial charge in [0.05, 0.1) is 6.10 Å². The van der Waals surface area contributed by atoms with Crippen LogP contribution in [0, 0.1) is 0 Å². The zero-order valence-corrected chi connectivity index (χ0v) is 10.6. The highest BCUT2D eigenvalue weighted by Crippen LogP contribution is 2.33. The van der Waals surface area contributed by atoms with Crippen molar-refractivity contribution >= 4 is 0 Å². The molecular weight excluding hydrogens is 230 g/mol. The van der Waals surface area contributed by atoms with Gasteiger partial charge in [-0.1, -0.05) is 6.07 Å². The fraction of sp³-hybridized carbons (Fsp3) is 0.571. The van der Waals surface area contributed by atoms with Gasteiger partial charge >= 0.3 is 0 Å². The number of hydrogen-bond donors (Lipinski definition) is 2. The number of fused-ring (bicyclic) bond motifs is 1. The first-order valence-corrected chi connectivity index (χ1v) is 6.58. The van der Waals surface area contributed by atoms with Crippen LogP contribution >= 0.6 is 0 Å². The van der Waals surface area contributed by atoms with E-state index in [9.17, 15) is 5.11 Å². The molecule has 1 heterocycles. The van der Waals surface area contributed by atoms with Crippen molar-refractivity contribution in [3.63, 3.8) is 0 Å². The third kappa shape index (κ3) is 2.44. The zero-order chi connectivity index (χ0) is 12.5. The molecule has 2 unspecified atom stereocenters. The molecule has 3 rings (SSSR count). The SMILES string of the molecule is CC(NC1CC1)C(O)c1ccc2c(c1)OCCO2. The second-order valence-electron chi connectivity index (χ2n) is 5.08. The van der Waals surface area contributed by atoms with Crippen molar-refractivity contribution in [1.82, 2.24) is 5.32 Å². The van der Waals surface area contributed by atoms with Gasteiger partial charge < -0.3 is 19.9 Å². The number of aliphatic hydroxyl groups is 1. The molecule has 2 N–H and O–H groups in total. The molecule has 1 saturated carbocycles. The summed E-state index contributed by atoms with van der Waals surface area (Å²) in [5, 5.41) is 13.7. The highest BCUT2D eigenvalue weighted by atomic mass is 16.6. The predicted octanol–water partition coefficient (Wildman–Crippen LogP) is 1.63. The summed E-state index contributed by atoms with van der Waals surface area (Å²) in [6, 6.07) is 6.30. The Labute approximate surface area is 107 Å². The molecule has 1 aliphatic heterocycles. The van der Waals surface area contributed by atoms with E-state index < -0.39 is 6.10 Å². The lowest BCUT2D eigenvalue weighted by atomic mass is 10.0. The minimum atomic E-state index is -0.513. The first-order valence-electron chi connectivity index (χ1n) is 6.58. The number of hydrogen-bond acceptors (Lipinski definition) is 4. The molecule has 2 atom stereocenters. The van der Waals surface area contributed by atoms with Gasteiger partial charge in [-0.15, -0.1) is 0 Å². The molecule has 1 aromatic carbocycles. The van der Waals surface area contributed by atoms with Crippen LogP contribution in [0.5, 0.6) is 11.5 Å². The summed E-state index contributed by atoms with van der Waals surface area (Å²) in [6.07, 6.45) is 1.93. The van der Waals surface area contributed by atoms with E-state index in [0.717, 1.165) is 17.1 Å². The molecular formula is C14H19NO3. The first kappa shape index (κ1) is 11.8. The molecule has 0 amide bonds. The summed E-state index contributed by atoms with van der Waals surface area (Å²) in [6.45, 7) is 3.18. The minimum Gasteiger partial charge on any atom is -0.486 e. The molecule has 18 heavy (non-hydrogen) atoms. The Balaban J connectivity index is 1.73. The summed E-state index contributed by atoms with van der Waals surface area (Å²) < 4.78 is 11.0. The van der Waals surface area contributed by atoms with E-state index in [1.807, 2.05) is 25.1 Å². The van der Waals surface area contributed by atoms with Crippen molar-refractivity contribution in [1.29, 1.82) is 0 Å². The molecule has 0 bridgehead atoms. The van der Waals surface area contributed by atoms with Gasteiger partial charge in [0.1, 0.15) is 13.2 Å². The Hall–Kier alpha value is -1.26. The molecule has 0 saturated heterocycles. The Kier molecular flexibility index (Phi) is 3.14. The van der Waals surface area contributed by atoms with E-state index >= 15 is 0 Å². The monoisotopic (exact) mass is 249 g/mol. The second-order valence-corrected chi connectivity index (χ2v) is 5.08. The summed E-state index contributed by atoms with van der Waals surface area (Å²) in [4.78, 5) is 0. The lowest BCUT2D eigenvalue weighted by Crippen LogP contribution is -2.33. The highest BCUT2D eigenvalue weighted by Gasteiger charge is 2.27. The number of benzene rings is 1. The third-order valence-corrected chi connectivity index (χ3v) is 3.46. The van der Waals surface area contributed by atoms with E-state index in [4.69, 9.17) is 9.47 Å². The van der Waals surface area contributed by atoms with Crippen molar-refractivity contribution in [3.05, 3.63) is 23.8 Å². The van der Waals surface area contributed by atoms with Gasteiger partial charge in [-0.25, -0.2) is 0 Å². The van der Waals surface area contributed by atoms with E-state index in [-0.39, 0.29) is 6.04 Å². The van der Waals surface area contributed by atoms with Gasteiger partial charge in [-0.3, -0.25) is 0 Å². The minimum absolute atomic E-state index is 0.0556. The maximum absolute atomic E-state index is 10.3. The maximum Gasteiger partial charge on any atom is 0.161 e. The van der Waals surface area contributed by atoms with Crippen molar-refractivity contribution < 1.29 is 14.6 Å². The van der Waals surface area contributed by atoms with E-state index in [1.165, 1.54) is 12.8 Å². The quantitative estimate of drug-likeness (QED) is 0.851. The zero-order valence-electron chi connectivity index (χ0n) is 10.6. The molecule has 0 aromatic heterocycles. The Morgan fingerprint density at radius 1 is 1.22 bits per heavy atom. The van der Waals surface area contributed by atoms with Crippen LogP contribution in [-0.4, -0.2) is 30.4 Å². The van der Waals surface area contributed by atoms with Crippen molar-refractivity contribution in [2.24, 2.45) is 0 Å². The van der Waals surface area contributed by atoms with Gasteiger partial charge in [0.2, 0.25) is 0 Å². The topological polar surface area (TPSA) is 50.7 Å². The van der Waals surface area contributed by atoms with E-state index in [0.29, 0.717) is 19.3 Å². The van der Waals surface area contributed by atoms with E-state index in [1.54, 1.807) is 0 Å². The van der Waals surface area contributed by atoms with Crippen LogP contribution in [0.1, 0.15) is 31.4 Å². The normalized spacial score (nSPS) is 21.4. The summed E-state index contributed by atoms with van der Waals surface area (Å²) in [5.41, 5.74) is 0.875. The van der Waals surface area contributed by atoms with Crippen LogP contribution in [0.2, 0.25) is 0 Å². The molecule has 1 aromatic rings. The average molecular weight is 249 g/mol. The Morgan fingerprint density at radius 2 is 1.94 bits per heavy atom. The van der Waals surface area contributed by atoms with Crippen LogP contribution in [0.15, 0.2) is 18.2 Å². The van der Waals surface area contributed by atoms with Crippen LogP contribution in [-0.2, 0) is 0 Å². The smallest absolute Gasteiger partial charge is 0.161 e. The van der Waals surface area contributed by atoms with Gasteiger partial charge in [-0.2, -0.15) is 0 Å². The Bertz CT molecular complexity index is 431. The number of nitrogens with one attached hydrogen (secondary N) is 1. The average Bonchev–Trinajstić information content (AvgIpc) is 3.21. The fourth-order valence-electron chi connectivity index (χ4n) is 2.25. The standard InChI is InChI=1S/C14H19NO3/c1-9(15-11-3-4-11)14(16)10-2-5-12-13(8-10)18-7-6-17-12/h2,5,8-9,11,14-16H,3-4,6-7H2,1H3. The fourth-order valence-corrected chi connectivity index (χ4v) is 2.25. The lowest BCUT2D eigenvalue weighted by Gasteiger charge is -2.23. The summed E-state index contributed by atoms with van der Waals surface area (Å²) in [7, 11) is 0. The number of rotatable bonds is 4. The van der Waals surface area contributed by atoms with Crippen molar-refractivity contribution in [3.8, 4) is 11.5 Å². The van der Waals surface area contributed by atoms with Crippen LogP contribution < -0.4 is 14.8 Å². The first-order chi connectivity index (χ1) is 8.74. The predicted molar refractivity (Wildman–Crippen MR) is 68.0 cm³/mol. The summed E-state index contributed by atoms with van der Waals surface area (Å²) >= 11 is 0. The molecule has 0 radical (unpaired) electrons. The third-order valence-electron chi connectivity index (χ3n) is 3.46. The van der Waals surface area contributed by atoms with Crippen LogP contribution in [0.3, 0.4) is 0 Å². The Morgan fingerprint density at radius 3 is 2.67 bits per heavy atom. The number of aliphatic hydroxyl groups excluding tert-OH is 1. The molecule has 1 aliphatic carbocycles. The highest BCUT2D eigenvalue weighted by molar-refractivity contribution is 5.44. The van der Waals surface area contributed by atoms with Gasteiger partial charge in [0.25, 0.3) is 0 Å². The lowest BCUT2D eigenvalue weighted by molar-refractivity contribution is 0.133. The van der Waals surface area contributed by atoms with Gasteiger partial charge in [-0.05, 0) is 37.5 Å². The van der Waals surface area contributed by atoms with E-state index in [2.05, 4.69) is 5.32 Å². The molecule has 0 spiro atoms. The molecule has 4 heteroatoms. The summed E-state index contributed by atoms with van der Waals surface area (Å²) in [5.74, 6) is 1.50. The molecule has 2 aliphatic rings. The van der Waals surface area contributed by atoms with Crippen molar-refractivity contribution in [2.45, 2.75) is 38.0 Å². The molecule has 4 nitrogen and oxygen atoms in total.